The van der Waals surface area contributed by atoms with E-state index in [1.54, 1.807) is 0 Å². The number of para-hydroxylation sites is 1. The van der Waals surface area contributed by atoms with E-state index in [0.29, 0.717) is 5.69 Å². The van der Waals surface area contributed by atoms with Crippen molar-refractivity contribution in [3.63, 3.8) is 0 Å². The summed E-state index contributed by atoms with van der Waals surface area (Å²) in [4.78, 5) is 12.2. The van der Waals surface area contributed by atoms with Crippen molar-refractivity contribution in [2.45, 2.75) is 0 Å². The fourth-order valence-electron chi connectivity index (χ4n) is 2.61. The Morgan fingerprint density at radius 2 is 1.52 bits per heavy atom. The molecular weight excluding hydrogens is 344 g/mol. The third kappa shape index (κ3) is 3.21. The highest BCUT2D eigenvalue weighted by Gasteiger charge is 2.19. The van der Waals surface area contributed by atoms with Crippen molar-refractivity contribution in [1.82, 2.24) is 24.7 Å². The van der Waals surface area contributed by atoms with E-state index in [1.807, 2.05) is 60.7 Å². The predicted molar refractivity (Wildman–Crippen MR) is 103 cm³/mol. The lowest BCUT2D eigenvalue weighted by atomic mass is 10.1. The summed E-state index contributed by atoms with van der Waals surface area (Å²) in [5, 5.41) is 17.3. The van der Waals surface area contributed by atoms with Crippen LogP contribution in [0.25, 0.3) is 17.1 Å². The molecule has 0 bridgehead atoms. The minimum Gasteiger partial charge on any atom is -0.479 e. The molecule has 9 heteroatoms. The van der Waals surface area contributed by atoms with Crippen LogP contribution in [0.5, 0.6) is 6.01 Å². The molecule has 0 amide bonds. The Kier molecular flexibility index (Phi) is 4.01. The normalized spacial score (nSPS) is 10.7. The summed E-state index contributed by atoms with van der Waals surface area (Å²) in [6.45, 7) is 0. The van der Waals surface area contributed by atoms with Gasteiger partial charge in [0.15, 0.2) is 5.82 Å². The molecule has 0 saturated heterocycles. The van der Waals surface area contributed by atoms with E-state index in [1.165, 1.54) is 4.68 Å². The van der Waals surface area contributed by atoms with Crippen LogP contribution in [0.15, 0.2) is 60.7 Å². The zero-order valence-electron chi connectivity index (χ0n) is 14.1. The molecule has 2 aromatic heterocycles. The number of anilines is 4. The van der Waals surface area contributed by atoms with Crippen LogP contribution >= 0.6 is 0 Å². The van der Waals surface area contributed by atoms with Crippen LogP contribution in [-0.2, 0) is 0 Å². The summed E-state index contributed by atoms with van der Waals surface area (Å²) in [7, 11) is 0. The molecule has 27 heavy (non-hydrogen) atoms. The molecule has 0 radical (unpaired) electrons. The Bertz CT molecular complexity index is 1080. The van der Waals surface area contributed by atoms with E-state index in [-0.39, 0.29) is 23.4 Å². The maximum Gasteiger partial charge on any atom is 0.316 e. The molecule has 0 aliphatic heterocycles. The number of aromatic nitrogens is 5. The second-order valence-electron chi connectivity index (χ2n) is 5.67. The average Bonchev–Trinajstić information content (AvgIpc) is 3.04. The van der Waals surface area contributed by atoms with Crippen molar-refractivity contribution < 1.29 is 5.11 Å². The van der Waals surface area contributed by atoms with Gasteiger partial charge in [-0.3, -0.25) is 0 Å². The minimum atomic E-state index is -0.439. The number of benzene rings is 2. The Morgan fingerprint density at radius 3 is 2.22 bits per heavy atom. The van der Waals surface area contributed by atoms with Crippen molar-refractivity contribution in [2.24, 2.45) is 0 Å². The molecule has 0 spiro atoms. The largest absolute Gasteiger partial charge is 0.479 e. The number of hydrogen-bond acceptors (Lipinski definition) is 8. The van der Waals surface area contributed by atoms with Gasteiger partial charge < -0.3 is 21.9 Å². The minimum absolute atomic E-state index is 0.0669. The molecule has 4 rings (SSSR count). The fraction of sp³-hybridized carbons (Fsp3) is 0. The van der Waals surface area contributed by atoms with Crippen LogP contribution in [-0.4, -0.2) is 29.8 Å². The SMILES string of the molecule is Nc1c(-c2ccccc2)nc(O)nc1-n1nc(Nc2ccccc2)nc1N. The number of aromatic hydroxyl groups is 1. The number of nitrogens with two attached hydrogens (primary N) is 2. The number of nitrogens with one attached hydrogen (secondary N) is 1. The fourth-order valence-corrected chi connectivity index (χ4v) is 2.61. The van der Waals surface area contributed by atoms with E-state index in [2.05, 4.69) is 25.4 Å². The monoisotopic (exact) mass is 360 g/mol. The van der Waals surface area contributed by atoms with Crippen LogP contribution in [0.3, 0.4) is 0 Å². The van der Waals surface area contributed by atoms with Crippen LogP contribution in [0.1, 0.15) is 0 Å². The summed E-state index contributed by atoms with van der Waals surface area (Å²) in [5.74, 6) is 0.488. The van der Waals surface area contributed by atoms with Gasteiger partial charge in [0.05, 0.1) is 0 Å². The van der Waals surface area contributed by atoms with Crippen LogP contribution < -0.4 is 16.8 Å². The highest BCUT2D eigenvalue weighted by Crippen LogP contribution is 2.30. The molecule has 0 unspecified atom stereocenters. The molecule has 2 heterocycles. The van der Waals surface area contributed by atoms with E-state index >= 15 is 0 Å². The molecule has 4 aromatic rings. The zero-order valence-corrected chi connectivity index (χ0v) is 14.1. The maximum absolute atomic E-state index is 9.98. The second-order valence-corrected chi connectivity index (χ2v) is 5.67. The Balaban J connectivity index is 1.77. The highest BCUT2D eigenvalue weighted by atomic mass is 16.3. The molecule has 134 valence electrons. The quantitative estimate of drug-likeness (QED) is 0.434. The first-order valence-electron chi connectivity index (χ1n) is 8.08. The molecule has 2 aromatic carbocycles. The Morgan fingerprint density at radius 1 is 0.852 bits per heavy atom. The topological polar surface area (TPSA) is 141 Å². The van der Waals surface area contributed by atoms with Crippen molar-refractivity contribution in [1.29, 1.82) is 0 Å². The van der Waals surface area contributed by atoms with Crippen LogP contribution in [0, 0.1) is 0 Å². The third-order valence-corrected chi connectivity index (χ3v) is 3.82. The molecule has 9 nitrogen and oxygen atoms in total. The van der Waals surface area contributed by atoms with E-state index in [9.17, 15) is 5.11 Å². The van der Waals surface area contributed by atoms with E-state index < -0.39 is 6.01 Å². The van der Waals surface area contributed by atoms with Gasteiger partial charge in [-0.25, -0.2) is 0 Å². The van der Waals surface area contributed by atoms with Gasteiger partial charge in [0.1, 0.15) is 11.4 Å². The van der Waals surface area contributed by atoms with Gasteiger partial charge in [0.2, 0.25) is 11.9 Å². The Hall–Kier alpha value is -4.14. The van der Waals surface area contributed by atoms with Gasteiger partial charge in [-0.15, -0.1) is 5.10 Å². The van der Waals surface area contributed by atoms with E-state index in [4.69, 9.17) is 11.5 Å². The maximum atomic E-state index is 9.98. The molecule has 0 fully saturated rings. The van der Waals surface area contributed by atoms with Crippen LogP contribution in [0.4, 0.5) is 23.3 Å². The number of nitrogen functional groups attached to an aromatic ring is 2. The average molecular weight is 360 g/mol. The Labute approximate surface area is 154 Å². The number of nitrogens with zero attached hydrogens (tertiary/aromatic N) is 5. The van der Waals surface area contributed by atoms with Crippen molar-refractivity contribution >= 4 is 23.3 Å². The van der Waals surface area contributed by atoms with Crippen molar-refractivity contribution in [2.75, 3.05) is 16.8 Å². The predicted octanol–water partition coefficient (Wildman–Crippen LogP) is 2.34. The number of rotatable bonds is 4. The van der Waals surface area contributed by atoms with Gasteiger partial charge >= 0.3 is 6.01 Å². The summed E-state index contributed by atoms with van der Waals surface area (Å²) in [5.41, 5.74) is 14.4. The molecule has 0 saturated carbocycles. The molecular formula is C18H16N8O. The molecule has 0 aliphatic rings. The molecule has 0 aliphatic carbocycles. The second kappa shape index (κ2) is 6.64. The zero-order chi connectivity index (χ0) is 18.8. The smallest absolute Gasteiger partial charge is 0.316 e. The molecule has 6 N–H and O–H groups in total. The summed E-state index contributed by atoms with van der Waals surface area (Å²) in [6, 6.07) is 18.2. The van der Waals surface area contributed by atoms with Gasteiger partial charge in [0.25, 0.3) is 0 Å². The summed E-state index contributed by atoms with van der Waals surface area (Å²) >= 11 is 0. The summed E-state index contributed by atoms with van der Waals surface area (Å²) in [6.07, 6.45) is 0. The number of hydrogen-bond donors (Lipinski definition) is 4. The van der Waals surface area contributed by atoms with Gasteiger partial charge in [-0.2, -0.15) is 19.6 Å². The first-order chi connectivity index (χ1) is 13.1. The van der Waals surface area contributed by atoms with Gasteiger partial charge in [-0.1, -0.05) is 48.5 Å². The van der Waals surface area contributed by atoms with Gasteiger partial charge in [0, 0.05) is 11.3 Å². The lowest BCUT2D eigenvalue weighted by Gasteiger charge is -2.10. The first-order valence-corrected chi connectivity index (χ1v) is 8.08. The third-order valence-electron chi connectivity index (χ3n) is 3.82. The lowest BCUT2D eigenvalue weighted by molar-refractivity contribution is 0.430. The van der Waals surface area contributed by atoms with Gasteiger partial charge in [-0.05, 0) is 12.1 Å². The highest BCUT2D eigenvalue weighted by molar-refractivity contribution is 5.78. The first kappa shape index (κ1) is 16.3. The van der Waals surface area contributed by atoms with Crippen molar-refractivity contribution in [3.8, 4) is 23.1 Å². The lowest BCUT2D eigenvalue weighted by Crippen LogP contribution is -2.10. The standard InChI is InChI=1S/C18H16N8O/c19-13-14(11-7-3-1-4-8-11)22-18(27)23-15(13)26-16(20)24-17(25-26)21-12-9-5-2-6-10-12/h1-10H,19H2,(H,22,23,27)(H3,20,21,24,25). The van der Waals surface area contributed by atoms with E-state index in [0.717, 1.165) is 11.3 Å². The molecule has 0 atom stereocenters. The van der Waals surface area contributed by atoms with Crippen LogP contribution in [0.2, 0.25) is 0 Å². The summed E-state index contributed by atoms with van der Waals surface area (Å²) < 4.78 is 1.26. The van der Waals surface area contributed by atoms with Crippen molar-refractivity contribution in [3.05, 3.63) is 60.7 Å².